The molecule has 0 amide bonds. The van der Waals surface area contributed by atoms with Crippen molar-refractivity contribution in [3.05, 3.63) is 59.7 Å². The summed E-state index contributed by atoms with van der Waals surface area (Å²) in [6.07, 6.45) is 13.6. The standard InChI is InChI=1S/C20H26N2O2.C5H11N3/c21-24-20(16-7-3-1-2-4-8-16)17-10-12-18(13-11-17)22-14-6-5-9-19(22)15-23;1-4(2)8-5(6)7-3/h1-3,7,10-13,19,23H,4-6,8-9,14-15,21H2;1-3H3,(H2,6,7)/b20-16-;. The van der Waals surface area contributed by atoms with Crippen LogP contribution in [-0.4, -0.2) is 43.0 Å². The van der Waals surface area contributed by atoms with E-state index in [1.165, 1.54) is 12.8 Å². The zero-order chi connectivity index (χ0) is 23.3. The molecule has 1 aromatic carbocycles. The molecule has 1 aliphatic heterocycles. The molecular formula is C25H37N5O2. The van der Waals surface area contributed by atoms with Crippen LogP contribution in [0.1, 0.15) is 51.5 Å². The van der Waals surface area contributed by atoms with Gasteiger partial charge in [-0.05, 0) is 75.8 Å². The second-order valence-electron chi connectivity index (χ2n) is 8.01. The predicted molar refractivity (Wildman–Crippen MR) is 135 cm³/mol. The Morgan fingerprint density at radius 1 is 1.19 bits per heavy atom. The minimum Gasteiger partial charge on any atom is -0.411 e. The monoisotopic (exact) mass is 439 g/mol. The Hall–Kier alpha value is -2.90. The van der Waals surface area contributed by atoms with E-state index in [2.05, 4.69) is 57.4 Å². The van der Waals surface area contributed by atoms with Crippen molar-refractivity contribution in [1.29, 1.82) is 0 Å². The number of allylic oxidation sites excluding steroid dienone is 5. The van der Waals surface area contributed by atoms with Gasteiger partial charge in [0.25, 0.3) is 0 Å². The molecule has 7 heteroatoms. The second kappa shape index (κ2) is 13.5. The van der Waals surface area contributed by atoms with Gasteiger partial charge in [0.15, 0.2) is 5.76 Å². The first-order chi connectivity index (χ1) is 15.5. The molecule has 0 saturated carbocycles. The highest BCUT2D eigenvalue weighted by molar-refractivity contribution is 5.93. The number of guanidine groups is 1. The number of aliphatic imine (C=N–C) groups is 2. The Kier molecular flexibility index (Phi) is 10.7. The van der Waals surface area contributed by atoms with Crippen molar-refractivity contribution in [1.82, 2.24) is 0 Å². The molecule has 1 aliphatic carbocycles. The maximum atomic E-state index is 9.60. The van der Waals surface area contributed by atoms with Gasteiger partial charge < -0.3 is 20.6 Å². The molecule has 3 rings (SSSR count). The van der Waals surface area contributed by atoms with Crippen molar-refractivity contribution in [3.8, 4) is 0 Å². The van der Waals surface area contributed by atoms with Crippen LogP contribution in [-0.2, 0) is 4.84 Å². The average Bonchev–Trinajstić information content (AvgIpc) is 3.09. The van der Waals surface area contributed by atoms with Gasteiger partial charge in [0.05, 0.1) is 12.6 Å². The van der Waals surface area contributed by atoms with Gasteiger partial charge in [0, 0.05) is 30.6 Å². The van der Waals surface area contributed by atoms with Crippen molar-refractivity contribution >= 4 is 23.1 Å². The molecule has 32 heavy (non-hydrogen) atoms. The van der Waals surface area contributed by atoms with Crippen molar-refractivity contribution in [2.24, 2.45) is 21.6 Å². The molecule has 1 fully saturated rings. The molecule has 1 heterocycles. The molecule has 5 N–H and O–H groups in total. The summed E-state index contributed by atoms with van der Waals surface area (Å²) in [4.78, 5) is 15.0. The summed E-state index contributed by atoms with van der Waals surface area (Å²) in [6.45, 7) is 4.96. The fourth-order valence-corrected chi connectivity index (χ4v) is 3.80. The van der Waals surface area contributed by atoms with E-state index in [0.29, 0.717) is 5.96 Å². The van der Waals surface area contributed by atoms with Crippen LogP contribution in [0.3, 0.4) is 0 Å². The SMILES string of the molecule is CN=C(N)N=C(C)C.NO/C(=C1/C=CC=CCC1)c1ccc(N2CCCCC2CO)cc1. The number of benzene rings is 1. The lowest BCUT2D eigenvalue weighted by atomic mass is 10.0. The summed E-state index contributed by atoms with van der Waals surface area (Å²) in [5.74, 6) is 6.63. The zero-order valence-corrected chi connectivity index (χ0v) is 19.5. The van der Waals surface area contributed by atoms with Gasteiger partial charge in [0.1, 0.15) is 0 Å². The fraction of sp³-hybridized carbons (Fsp3) is 0.440. The van der Waals surface area contributed by atoms with E-state index >= 15 is 0 Å². The number of aliphatic hydroxyl groups is 1. The van der Waals surface area contributed by atoms with Gasteiger partial charge in [0.2, 0.25) is 5.96 Å². The summed E-state index contributed by atoms with van der Waals surface area (Å²) in [6, 6.07) is 8.53. The van der Waals surface area contributed by atoms with Crippen LogP contribution in [0.5, 0.6) is 0 Å². The highest BCUT2D eigenvalue weighted by Crippen LogP contribution is 2.29. The molecule has 0 bridgehead atoms. The summed E-state index contributed by atoms with van der Waals surface area (Å²) in [7, 11) is 1.61. The summed E-state index contributed by atoms with van der Waals surface area (Å²) in [5.41, 5.74) is 9.41. The third kappa shape index (κ3) is 7.66. The van der Waals surface area contributed by atoms with Crippen LogP contribution in [0.4, 0.5) is 5.69 Å². The van der Waals surface area contributed by atoms with E-state index in [1.54, 1.807) is 7.05 Å². The summed E-state index contributed by atoms with van der Waals surface area (Å²) in [5, 5.41) is 9.60. The van der Waals surface area contributed by atoms with Crippen molar-refractivity contribution < 1.29 is 9.94 Å². The highest BCUT2D eigenvalue weighted by Gasteiger charge is 2.22. The first-order valence-electron chi connectivity index (χ1n) is 11.1. The molecule has 0 aromatic heterocycles. The highest BCUT2D eigenvalue weighted by atomic mass is 16.6. The first kappa shape index (κ1) is 25.4. The van der Waals surface area contributed by atoms with Gasteiger partial charge in [-0.2, -0.15) is 5.90 Å². The van der Waals surface area contributed by atoms with Gasteiger partial charge in [-0.3, -0.25) is 4.99 Å². The van der Waals surface area contributed by atoms with Gasteiger partial charge >= 0.3 is 0 Å². The van der Waals surface area contributed by atoms with E-state index < -0.39 is 0 Å². The molecule has 1 atom stereocenters. The Bertz CT molecular complexity index is 865. The lowest BCUT2D eigenvalue weighted by Crippen LogP contribution is -2.41. The summed E-state index contributed by atoms with van der Waals surface area (Å²) < 4.78 is 0. The van der Waals surface area contributed by atoms with E-state index in [1.807, 2.05) is 19.9 Å². The maximum absolute atomic E-state index is 9.60. The maximum Gasteiger partial charge on any atom is 0.214 e. The summed E-state index contributed by atoms with van der Waals surface area (Å²) >= 11 is 0. The van der Waals surface area contributed by atoms with Crippen LogP contribution < -0.4 is 16.5 Å². The van der Waals surface area contributed by atoms with Crippen molar-refractivity contribution in [3.63, 3.8) is 0 Å². The third-order valence-corrected chi connectivity index (χ3v) is 5.40. The van der Waals surface area contributed by atoms with E-state index in [9.17, 15) is 5.11 Å². The number of rotatable bonds is 4. The van der Waals surface area contributed by atoms with Crippen molar-refractivity contribution in [2.45, 2.75) is 52.0 Å². The first-order valence-corrected chi connectivity index (χ1v) is 11.1. The average molecular weight is 440 g/mol. The number of nitrogens with zero attached hydrogens (tertiary/aromatic N) is 3. The largest absolute Gasteiger partial charge is 0.411 e. The van der Waals surface area contributed by atoms with Crippen LogP contribution in [0.25, 0.3) is 5.76 Å². The minimum atomic E-state index is 0.209. The molecule has 2 aliphatic rings. The molecule has 7 nitrogen and oxygen atoms in total. The molecule has 1 unspecified atom stereocenters. The molecule has 1 aromatic rings. The van der Waals surface area contributed by atoms with E-state index in [-0.39, 0.29) is 12.6 Å². The lowest BCUT2D eigenvalue weighted by molar-refractivity contribution is 0.240. The number of aliphatic hydroxyl groups excluding tert-OH is 1. The minimum absolute atomic E-state index is 0.209. The Morgan fingerprint density at radius 2 is 1.94 bits per heavy atom. The second-order valence-corrected chi connectivity index (χ2v) is 8.01. The van der Waals surface area contributed by atoms with Crippen LogP contribution >= 0.6 is 0 Å². The van der Waals surface area contributed by atoms with E-state index in [0.717, 1.165) is 54.1 Å². The van der Waals surface area contributed by atoms with Gasteiger partial charge in [-0.25, -0.2) is 4.99 Å². The molecule has 1 saturated heterocycles. The van der Waals surface area contributed by atoms with Gasteiger partial charge in [-0.1, -0.05) is 24.3 Å². The molecule has 174 valence electrons. The number of hydrogen-bond acceptors (Lipinski definition) is 5. The Morgan fingerprint density at radius 3 is 2.53 bits per heavy atom. The third-order valence-electron chi connectivity index (χ3n) is 5.40. The lowest BCUT2D eigenvalue weighted by Gasteiger charge is -2.36. The van der Waals surface area contributed by atoms with E-state index in [4.69, 9.17) is 16.5 Å². The molecule has 0 radical (unpaired) electrons. The number of anilines is 1. The molecular weight excluding hydrogens is 402 g/mol. The van der Waals surface area contributed by atoms with Crippen LogP contribution in [0, 0.1) is 0 Å². The topological polar surface area (TPSA) is 109 Å². The van der Waals surface area contributed by atoms with Crippen molar-refractivity contribution in [2.75, 3.05) is 25.1 Å². The predicted octanol–water partition coefficient (Wildman–Crippen LogP) is 3.96. The van der Waals surface area contributed by atoms with Crippen LogP contribution in [0.2, 0.25) is 0 Å². The number of hydrogen-bond donors (Lipinski definition) is 3. The molecule has 0 spiro atoms. The number of piperidine rings is 1. The fourth-order valence-electron chi connectivity index (χ4n) is 3.80. The Balaban J connectivity index is 0.000000390. The van der Waals surface area contributed by atoms with Gasteiger partial charge in [-0.15, -0.1) is 0 Å². The number of nitrogens with two attached hydrogens (primary N) is 2. The Labute approximate surface area is 191 Å². The van der Waals surface area contributed by atoms with Crippen LogP contribution in [0.15, 0.2) is 64.1 Å². The smallest absolute Gasteiger partial charge is 0.214 e. The quantitative estimate of drug-likeness (QED) is 0.285. The zero-order valence-electron chi connectivity index (χ0n) is 19.5. The normalized spacial score (nSPS) is 20.1.